The highest BCUT2D eigenvalue weighted by molar-refractivity contribution is 9.09. The number of carbonyl (C=O) groups is 1. The third-order valence-corrected chi connectivity index (χ3v) is 4.33. The van der Waals surface area contributed by atoms with Crippen LogP contribution in [0.5, 0.6) is 0 Å². The summed E-state index contributed by atoms with van der Waals surface area (Å²) in [6.45, 7) is 1.81. The molecule has 0 N–H and O–H groups in total. The van der Waals surface area contributed by atoms with Crippen molar-refractivity contribution in [1.29, 1.82) is 0 Å². The van der Waals surface area contributed by atoms with Gasteiger partial charge in [-0.15, -0.1) is 0 Å². The van der Waals surface area contributed by atoms with E-state index in [1.54, 1.807) is 0 Å². The van der Waals surface area contributed by atoms with Crippen LogP contribution in [0.1, 0.15) is 24.8 Å². The van der Waals surface area contributed by atoms with Gasteiger partial charge in [0.2, 0.25) is 5.91 Å². The Morgan fingerprint density at radius 1 is 1.47 bits per heavy atom. The maximum atomic E-state index is 12.3. The second-order valence-corrected chi connectivity index (χ2v) is 6.36. The van der Waals surface area contributed by atoms with E-state index in [9.17, 15) is 4.79 Å². The van der Waals surface area contributed by atoms with Gasteiger partial charge in [0.05, 0.1) is 6.42 Å². The molecule has 2 rings (SSSR count). The first-order valence-corrected chi connectivity index (χ1v) is 8.27. The second kappa shape index (κ2) is 7.30. The monoisotopic (exact) mass is 343 g/mol. The van der Waals surface area contributed by atoms with Gasteiger partial charge in [0.1, 0.15) is 0 Å². The lowest BCUT2D eigenvalue weighted by Gasteiger charge is -2.32. The van der Waals surface area contributed by atoms with Crippen molar-refractivity contribution >= 4 is 33.4 Å². The number of benzene rings is 1. The Bertz CT molecular complexity index is 436. The fraction of sp³-hybridized carbons (Fsp3) is 0.533. The SMILES string of the molecule is O=C(Cc1cccc(Cl)c1)N1CCCC(CCBr)C1. The van der Waals surface area contributed by atoms with E-state index in [4.69, 9.17) is 11.6 Å². The predicted molar refractivity (Wildman–Crippen MR) is 82.9 cm³/mol. The first kappa shape index (κ1) is 14.9. The van der Waals surface area contributed by atoms with Crippen molar-refractivity contribution in [2.75, 3.05) is 18.4 Å². The molecule has 104 valence electrons. The Morgan fingerprint density at radius 3 is 3.05 bits per heavy atom. The largest absolute Gasteiger partial charge is 0.342 e. The van der Waals surface area contributed by atoms with E-state index in [1.165, 1.54) is 6.42 Å². The van der Waals surface area contributed by atoms with Crippen molar-refractivity contribution in [3.8, 4) is 0 Å². The molecule has 1 unspecified atom stereocenters. The normalized spacial score (nSPS) is 19.5. The van der Waals surface area contributed by atoms with E-state index in [0.29, 0.717) is 17.4 Å². The second-order valence-electron chi connectivity index (χ2n) is 5.13. The van der Waals surface area contributed by atoms with Gasteiger partial charge >= 0.3 is 0 Å². The summed E-state index contributed by atoms with van der Waals surface area (Å²) in [6, 6.07) is 7.57. The summed E-state index contributed by atoms with van der Waals surface area (Å²) in [5.41, 5.74) is 1.00. The summed E-state index contributed by atoms with van der Waals surface area (Å²) in [5, 5.41) is 1.72. The van der Waals surface area contributed by atoms with Gasteiger partial charge in [-0.05, 0) is 42.9 Å². The Hall–Kier alpha value is -0.540. The molecule has 0 aromatic heterocycles. The Labute approximate surface area is 128 Å². The number of amides is 1. The molecule has 19 heavy (non-hydrogen) atoms. The van der Waals surface area contributed by atoms with E-state index in [0.717, 1.165) is 36.8 Å². The molecule has 1 aliphatic rings. The van der Waals surface area contributed by atoms with Gasteiger partial charge in [0.15, 0.2) is 0 Å². The van der Waals surface area contributed by atoms with E-state index >= 15 is 0 Å². The zero-order valence-electron chi connectivity index (χ0n) is 10.9. The van der Waals surface area contributed by atoms with Crippen molar-refractivity contribution in [2.45, 2.75) is 25.7 Å². The number of halogens is 2. The third-order valence-electron chi connectivity index (χ3n) is 3.63. The summed E-state index contributed by atoms with van der Waals surface area (Å²) < 4.78 is 0. The fourth-order valence-electron chi connectivity index (χ4n) is 2.61. The van der Waals surface area contributed by atoms with Crippen LogP contribution in [-0.2, 0) is 11.2 Å². The molecular weight excluding hydrogens is 326 g/mol. The van der Waals surface area contributed by atoms with Crippen LogP contribution in [-0.4, -0.2) is 29.2 Å². The van der Waals surface area contributed by atoms with Gasteiger partial charge < -0.3 is 4.90 Å². The van der Waals surface area contributed by atoms with Gasteiger partial charge in [-0.2, -0.15) is 0 Å². The lowest BCUT2D eigenvalue weighted by Crippen LogP contribution is -2.40. The van der Waals surface area contributed by atoms with E-state index < -0.39 is 0 Å². The van der Waals surface area contributed by atoms with Crippen LogP contribution in [0.4, 0.5) is 0 Å². The Balaban J connectivity index is 1.92. The van der Waals surface area contributed by atoms with Crippen molar-refractivity contribution < 1.29 is 4.79 Å². The van der Waals surface area contributed by atoms with Gasteiger partial charge in [-0.25, -0.2) is 0 Å². The average Bonchev–Trinajstić information content (AvgIpc) is 2.39. The number of hydrogen-bond donors (Lipinski definition) is 0. The molecule has 0 spiro atoms. The molecule has 0 radical (unpaired) electrons. The van der Waals surface area contributed by atoms with Crippen LogP contribution in [0, 0.1) is 5.92 Å². The molecule has 2 nitrogen and oxygen atoms in total. The van der Waals surface area contributed by atoms with Crippen LogP contribution in [0.25, 0.3) is 0 Å². The summed E-state index contributed by atoms with van der Waals surface area (Å²) in [4.78, 5) is 14.3. The highest BCUT2D eigenvalue weighted by Crippen LogP contribution is 2.21. The number of piperidine rings is 1. The van der Waals surface area contributed by atoms with E-state index in [-0.39, 0.29) is 5.91 Å². The van der Waals surface area contributed by atoms with Crippen molar-refractivity contribution in [2.24, 2.45) is 5.92 Å². The molecule has 1 atom stereocenters. The predicted octanol–water partition coefficient (Wildman–Crippen LogP) is 3.91. The number of nitrogens with zero attached hydrogens (tertiary/aromatic N) is 1. The number of rotatable bonds is 4. The standard InChI is InChI=1S/C15H19BrClNO/c16-7-6-12-4-2-8-18(11-12)15(19)10-13-3-1-5-14(17)9-13/h1,3,5,9,12H,2,4,6-8,10-11H2. The molecular formula is C15H19BrClNO. The summed E-state index contributed by atoms with van der Waals surface area (Å²) in [7, 11) is 0. The minimum absolute atomic E-state index is 0.224. The summed E-state index contributed by atoms with van der Waals surface area (Å²) in [5.74, 6) is 0.873. The molecule has 0 bridgehead atoms. The quantitative estimate of drug-likeness (QED) is 0.758. The molecule has 1 saturated heterocycles. The molecule has 0 aliphatic carbocycles. The van der Waals surface area contributed by atoms with Crippen LogP contribution in [0.15, 0.2) is 24.3 Å². The molecule has 4 heteroatoms. The van der Waals surface area contributed by atoms with Gasteiger partial charge in [0, 0.05) is 23.4 Å². The Kier molecular flexibility index (Phi) is 5.71. The molecule has 1 aromatic carbocycles. The van der Waals surface area contributed by atoms with Crippen LogP contribution >= 0.6 is 27.5 Å². The fourth-order valence-corrected chi connectivity index (χ4v) is 3.48. The summed E-state index contributed by atoms with van der Waals surface area (Å²) in [6.07, 6.45) is 3.98. The third kappa shape index (κ3) is 4.50. The molecule has 1 amide bonds. The van der Waals surface area contributed by atoms with Crippen LogP contribution in [0.3, 0.4) is 0 Å². The zero-order chi connectivity index (χ0) is 13.7. The van der Waals surface area contributed by atoms with Crippen molar-refractivity contribution in [3.05, 3.63) is 34.9 Å². The number of carbonyl (C=O) groups excluding carboxylic acids is 1. The van der Waals surface area contributed by atoms with Gasteiger partial charge in [0.25, 0.3) is 0 Å². The lowest BCUT2D eigenvalue weighted by molar-refractivity contribution is -0.132. The first-order valence-electron chi connectivity index (χ1n) is 6.77. The summed E-state index contributed by atoms with van der Waals surface area (Å²) >= 11 is 9.43. The minimum atomic E-state index is 0.224. The highest BCUT2D eigenvalue weighted by atomic mass is 79.9. The van der Waals surface area contributed by atoms with Crippen LogP contribution in [0.2, 0.25) is 5.02 Å². The maximum Gasteiger partial charge on any atom is 0.226 e. The number of likely N-dealkylation sites (tertiary alicyclic amines) is 1. The van der Waals surface area contributed by atoms with Gasteiger partial charge in [-0.1, -0.05) is 39.7 Å². The van der Waals surface area contributed by atoms with Crippen LogP contribution < -0.4 is 0 Å². The minimum Gasteiger partial charge on any atom is -0.342 e. The number of hydrogen-bond acceptors (Lipinski definition) is 1. The van der Waals surface area contributed by atoms with E-state index in [2.05, 4.69) is 15.9 Å². The van der Waals surface area contributed by atoms with Crippen molar-refractivity contribution in [1.82, 2.24) is 4.90 Å². The maximum absolute atomic E-state index is 12.3. The molecule has 1 aromatic rings. The smallest absolute Gasteiger partial charge is 0.226 e. The zero-order valence-corrected chi connectivity index (χ0v) is 13.3. The molecule has 1 heterocycles. The highest BCUT2D eigenvalue weighted by Gasteiger charge is 2.23. The molecule has 0 saturated carbocycles. The van der Waals surface area contributed by atoms with E-state index in [1.807, 2.05) is 29.2 Å². The molecule has 1 fully saturated rings. The van der Waals surface area contributed by atoms with Crippen molar-refractivity contribution in [3.63, 3.8) is 0 Å². The van der Waals surface area contributed by atoms with Gasteiger partial charge in [-0.3, -0.25) is 4.79 Å². The first-order chi connectivity index (χ1) is 9.19. The lowest BCUT2D eigenvalue weighted by atomic mass is 9.95. The average molecular weight is 345 g/mol. The number of alkyl halides is 1. The Morgan fingerprint density at radius 2 is 2.32 bits per heavy atom. The molecule has 1 aliphatic heterocycles. The topological polar surface area (TPSA) is 20.3 Å².